The Hall–Kier alpha value is -3.81. The molecule has 27 heavy (non-hydrogen) atoms. The van der Waals surface area contributed by atoms with E-state index in [1.54, 1.807) is 19.1 Å². The fourth-order valence-electron chi connectivity index (χ4n) is 2.77. The minimum absolute atomic E-state index is 0.0795. The number of amides is 2. The first-order valence-electron chi connectivity index (χ1n) is 7.98. The van der Waals surface area contributed by atoms with E-state index >= 15 is 0 Å². The Morgan fingerprint density at radius 2 is 1.59 bits per heavy atom. The molecule has 7 nitrogen and oxygen atoms in total. The number of fused-ring (bicyclic) bond motifs is 1. The highest BCUT2D eigenvalue weighted by atomic mass is 19.1. The largest absolute Gasteiger partial charge is 0.367 e. The van der Waals surface area contributed by atoms with Crippen LogP contribution in [-0.2, 0) is 4.84 Å². The van der Waals surface area contributed by atoms with Crippen molar-refractivity contribution in [3.63, 3.8) is 0 Å². The first kappa shape index (κ1) is 16.6. The molecule has 2 heterocycles. The van der Waals surface area contributed by atoms with Crippen LogP contribution in [0.25, 0.3) is 5.69 Å². The molecular weight excluding hydrogens is 353 g/mol. The number of hydrogen-bond donors (Lipinski definition) is 0. The van der Waals surface area contributed by atoms with Crippen LogP contribution in [-0.4, -0.2) is 32.6 Å². The molecule has 2 amide bonds. The minimum Gasteiger partial charge on any atom is -0.324 e. The van der Waals surface area contributed by atoms with E-state index in [1.807, 2.05) is 0 Å². The number of hydrogen-bond acceptors (Lipinski definition) is 5. The van der Waals surface area contributed by atoms with Gasteiger partial charge in [0.15, 0.2) is 0 Å². The van der Waals surface area contributed by atoms with Gasteiger partial charge in [0.1, 0.15) is 11.4 Å². The van der Waals surface area contributed by atoms with E-state index in [2.05, 4.69) is 5.10 Å². The minimum atomic E-state index is -0.893. The third-order valence-corrected chi connectivity index (χ3v) is 4.14. The van der Waals surface area contributed by atoms with E-state index in [4.69, 9.17) is 4.84 Å². The molecule has 0 saturated heterocycles. The average molecular weight is 365 g/mol. The second-order valence-electron chi connectivity index (χ2n) is 5.88. The van der Waals surface area contributed by atoms with Crippen LogP contribution in [0.1, 0.15) is 36.8 Å². The molecule has 0 saturated carbocycles. The van der Waals surface area contributed by atoms with Gasteiger partial charge in [-0.3, -0.25) is 9.59 Å². The predicted molar refractivity (Wildman–Crippen MR) is 90.6 cm³/mol. The fraction of sp³-hybridized carbons (Fsp3) is 0.0526. The topological polar surface area (TPSA) is 81.5 Å². The van der Waals surface area contributed by atoms with Crippen molar-refractivity contribution in [1.82, 2.24) is 14.8 Å². The van der Waals surface area contributed by atoms with Gasteiger partial charge in [0, 0.05) is 6.20 Å². The number of imide groups is 1. The van der Waals surface area contributed by atoms with Crippen molar-refractivity contribution in [3.8, 4) is 5.69 Å². The van der Waals surface area contributed by atoms with Gasteiger partial charge in [-0.1, -0.05) is 17.2 Å². The van der Waals surface area contributed by atoms with Crippen LogP contribution < -0.4 is 0 Å². The van der Waals surface area contributed by atoms with E-state index in [-0.39, 0.29) is 16.7 Å². The smallest absolute Gasteiger partial charge is 0.324 e. The van der Waals surface area contributed by atoms with Crippen LogP contribution in [0.2, 0.25) is 0 Å². The summed E-state index contributed by atoms with van der Waals surface area (Å²) in [6.07, 6.45) is 1.39. The lowest BCUT2D eigenvalue weighted by Crippen LogP contribution is -2.32. The molecule has 134 valence electrons. The van der Waals surface area contributed by atoms with Crippen LogP contribution in [0.4, 0.5) is 4.39 Å². The van der Waals surface area contributed by atoms with Gasteiger partial charge in [-0.15, -0.1) is 0 Å². The van der Waals surface area contributed by atoms with Gasteiger partial charge in [-0.25, -0.2) is 13.9 Å². The molecular formula is C19H12FN3O4. The first-order valence-corrected chi connectivity index (χ1v) is 7.98. The van der Waals surface area contributed by atoms with Crippen LogP contribution in [0.15, 0.2) is 54.7 Å². The maximum Gasteiger partial charge on any atom is 0.367 e. The van der Waals surface area contributed by atoms with Gasteiger partial charge < -0.3 is 4.84 Å². The van der Waals surface area contributed by atoms with Gasteiger partial charge in [-0.2, -0.15) is 5.10 Å². The number of benzene rings is 2. The highest BCUT2D eigenvalue weighted by Crippen LogP contribution is 2.24. The van der Waals surface area contributed by atoms with Crippen molar-refractivity contribution >= 4 is 17.8 Å². The quantitative estimate of drug-likeness (QED) is 0.667. The molecule has 4 rings (SSSR count). The predicted octanol–water partition coefficient (Wildman–Crippen LogP) is 2.69. The van der Waals surface area contributed by atoms with Crippen LogP contribution in [0.5, 0.6) is 0 Å². The molecule has 0 atom stereocenters. The lowest BCUT2D eigenvalue weighted by molar-refractivity contribution is -0.0585. The zero-order chi connectivity index (χ0) is 19.1. The van der Waals surface area contributed by atoms with Crippen LogP contribution >= 0.6 is 0 Å². The summed E-state index contributed by atoms with van der Waals surface area (Å²) in [6, 6.07) is 11.7. The fourth-order valence-corrected chi connectivity index (χ4v) is 2.77. The summed E-state index contributed by atoms with van der Waals surface area (Å²) in [7, 11) is 0. The Bertz CT molecular complexity index is 1050. The molecule has 1 aliphatic heterocycles. The lowest BCUT2D eigenvalue weighted by atomic mass is 10.1. The van der Waals surface area contributed by atoms with Gasteiger partial charge in [0.2, 0.25) is 0 Å². The zero-order valence-electron chi connectivity index (χ0n) is 14.0. The van der Waals surface area contributed by atoms with Gasteiger partial charge >= 0.3 is 5.97 Å². The zero-order valence-corrected chi connectivity index (χ0v) is 14.0. The average Bonchev–Trinajstić information content (AvgIpc) is 3.16. The summed E-state index contributed by atoms with van der Waals surface area (Å²) in [5, 5.41) is 4.63. The summed E-state index contributed by atoms with van der Waals surface area (Å²) in [5.74, 6) is -2.69. The molecule has 1 aromatic heterocycles. The van der Waals surface area contributed by atoms with E-state index in [1.165, 1.54) is 47.3 Å². The molecule has 0 N–H and O–H groups in total. The summed E-state index contributed by atoms with van der Waals surface area (Å²) >= 11 is 0. The van der Waals surface area contributed by atoms with Gasteiger partial charge in [0.25, 0.3) is 11.8 Å². The number of halogens is 1. The van der Waals surface area contributed by atoms with E-state index in [0.717, 1.165) is 0 Å². The standard InChI is InChI=1S/C19H12FN3O4/c1-11-16(10-22(21-11)13-8-6-12(20)7-9-13)19(26)27-23-17(24)14-4-2-3-5-15(14)18(23)25/h2-10H,1H3. The molecule has 0 spiro atoms. The maximum absolute atomic E-state index is 13.1. The van der Waals surface area contributed by atoms with E-state index in [0.29, 0.717) is 16.4 Å². The summed E-state index contributed by atoms with van der Waals surface area (Å²) in [6.45, 7) is 1.58. The molecule has 0 aliphatic carbocycles. The van der Waals surface area contributed by atoms with Crippen molar-refractivity contribution in [2.75, 3.05) is 0 Å². The van der Waals surface area contributed by atoms with Crippen molar-refractivity contribution in [1.29, 1.82) is 0 Å². The normalized spacial score (nSPS) is 13.0. The molecule has 0 bridgehead atoms. The molecule has 0 radical (unpaired) electrons. The second-order valence-corrected chi connectivity index (χ2v) is 5.88. The van der Waals surface area contributed by atoms with Gasteiger partial charge in [-0.05, 0) is 43.3 Å². The van der Waals surface area contributed by atoms with Crippen LogP contribution in [0, 0.1) is 12.7 Å². The van der Waals surface area contributed by atoms with Crippen molar-refractivity contribution in [2.45, 2.75) is 6.92 Å². The molecule has 1 aliphatic rings. The monoisotopic (exact) mass is 365 g/mol. The second kappa shape index (κ2) is 6.17. The molecule has 8 heteroatoms. The molecule has 3 aromatic rings. The highest BCUT2D eigenvalue weighted by molar-refractivity contribution is 6.21. The Kier molecular flexibility index (Phi) is 3.80. The van der Waals surface area contributed by atoms with Crippen LogP contribution in [0.3, 0.4) is 0 Å². The number of carbonyl (C=O) groups is 3. The molecule has 2 aromatic carbocycles. The van der Waals surface area contributed by atoms with E-state index in [9.17, 15) is 18.8 Å². The number of carbonyl (C=O) groups excluding carboxylic acids is 3. The lowest BCUT2D eigenvalue weighted by Gasteiger charge is -2.12. The Morgan fingerprint density at radius 3 is 2.19 bits per heavy atom. The SMILES string of the molecule is Cc1nn(-c2ccc(F)cc2)cc1C(=O)ON1C(=O)c2ccccc2C1=O. The summed E-state index contributed by atoms with van der Waals surface area (Å²) in [4.78, 5) is 42.1. The number of rotatable bonds is 3. The third kappa shape index (κ3) is 2.77. The first-order chi connectivity index (χ1) is 13.0. The Labute approximate surface area is 152 Å². The number of aryl methyl sites for hydroxylation is 1. The highest BCUT2D eigenvalue weighted by Gasteiger charge is 2.39. The third-order valence-electron chi connectivity index (χ3n) is 4.14. The number of nitrogens with zero attached hydrogens (tertiary/aromatic N) is 3. The Balaban J connectivity index is 1.59. The summed E-state index contributed by atoms with van der Waals surface area (Å²) < 4.78 is 14.4. The number of hydroxylamine groups is 2. The van der Waals surface area contributed by atoms with Crippen molar-refractivity contribution in [3.05, 3.63) is 82.9 Å². The van der Waals surface area contributed by atoms with Crippen molar-refractivity contribution in [2.24, 2.45) is 0 Å². The van der Waals surface area contributed by atoms with Crippen molar-refractivity contribution < 1.29 is 23.6 Å². The summed E-state index contributed by atoms with van der Waals surface area (Å²) in [5.41, 5.74) is 1.30. The maximum atomic E-state index is 13.1. The molecule has 0 fully saturated rings. The molecule has 0 unspecified atom stereocenters. The number of aromatic nitrogens is 2. The van der Waals surface area contributed by atoms with Gasteiger partial charge in [0.05, 0.1) is 22.5 Å². The Morgan fingerprint density at radius 1 is 1.00 bits per heavy atom. The van der Waals surface area contributed by atoms with E-state index < -0.39 is 23.6 Å².